The van der Waals surface area contributed by atoms with Crippen LogP contribution in [0.4, 0.5) is 5.13 Å². The van der Waals surface area contributed by atoms with Gasteiger partial charge in [-0.3, -0.25) is 4.79 Å². The zero-order valence-electron chi connectivity index (χ0n) is 11.2. The van der Waals surface area contributed by atoms with Gasteiger partial charge in [-0.1, -0.05) is 23.5 Å². The highest BCUT2D eigenvalue weighted by Gasteiger charge is 2.35. The second-order valence-electron chi connectivity index (χ2n) is 5.60. The van der Waals surface area contributed by atoms with Gasteiger partial charge in [0.05, 0.1) is 10.2 Å². The lowest BCUT2D eigenvalue weighted by Gasteiger charge is -2.23. The number of amides is 1. The number of carbonyl (C=O) groups is 1. The van der Waals surface area contributed by atoms with E-state index in [0.29, 0.717) is 6.04 Å². The highest BCUT2D eigenvalue weighted by Crippen LogP contribution is 2.33. The van der Waals surface area contributed by atoms with Gasteiger partial charge in [0.15, 0.2) is 5.13 Å². The van der Waals surface area contributed by atoms with E-state index in [1.54, 1.807) is 11.3 Å². The van der Waals surface area contributed by atoms with Crippen molar-refractivity contribution in [3.05, 3.63) is 24.3 Å². The number of benzene rings is 1. The van der Waals surface area contributed by atoms with Crippen molar-refractivity contribution in [3.63, 3.8) is 0 Å². The second kappa shape index (κ2) is 4.74. The molecule has 1 saturated heterocycles. The van der Waals surface area contributed by atoms with Gasteiger partial charge in [-0.2, -0.15) is 0 Å². The monoisotopic (exact) mass is 287 g/mol. The summed E-state index contributed by atoms with van der Waals surface area (Å²) >= 11 is 1.69. The van der Waals surface area contributed by atoms with Crippen LogP contribution in [0.2, 0.25) is 0 Å². The number of hydrogen-bond acceptors (Lipinski definition) is 4. The number of para-hydroxylation sites is 1. The maximum atomic E-state index is 12.3. The maximum absolute atomic E-state index is 12.3. The van der Waals surface area contributed by atoms with E-state index in [-0.39, 0.29) is 11.9 Å². The van der Waals surface area contributed by atoms with Crippen LogP contribution in [-0.2, 0) is 4.79 Å². The molecule has 1 aromatic heterocycles. The Morgan fingerprint density at radius 2 is 2.15 bits per heavy atom. The van der Waals surface area contributed by atoms with Crippen LogP contribution in [0.15, 0.2) is 24.3 Å². The summed E-state index contributed by atoms with van der Waals surface area (Å²) in [6.45, 7) is 0.933. The van der Waals surface area contributed by atoms with Gasteiger partial charge in [0.1, 0.15) is 6.04 Å². The molecular formula is C15H17N3OS. The number of anilines is 1. The molecule has 1 aliphatic heterocycles. The molecule has 0 spiro atoms. The molecule has 1 amide bonds. The lowest BCUT2D eigenvalue weighted by atomic mass is 10.2. The van der Waals surface area contributed by atoms with Crippen LogP contribution in [0.25, 0.3) is 10.2 Å². The molecule has 0 unspecified atom stereocenters. The van der Waals surface area contributed by atoms with E-state index in [1.165, 1.54) is 4.70 Å². The van der Waals surface area contributed by atoms with E-state index >= 15 is 0 Å². The summed E-state index contributed by atoms with van der Waals surface area (Å²) in [5.74, 6) is 0.184. The number of aromatic nitrogens is 1. The Balaban J connectivity index is 1.60. The van der Waals surface area contributed by atoms with Crippen molar-refractivity contribution in [1.29, 1.82) is 0 Å². The molecule has 0 radical (unpaired) electrons. The van der Waals surface area contributed by atoms with Crippen molar-refractivity contribution in [2.75, 3.05) is 11.4 Å². The largest absolute Gasteiger partial charge is 0.352 e. The molecule has 1 atom stereocenters. The average Bonchev–Trinajstić information content (AvgIpc) is 3.00. The molecule has 4 nitrogen and oxygen atoms in total. The van der Waals surface area contributed by atoms with Crippen LogP contribution < -0.4 is 10.2 Å². The van der Waals surface area contributed by atoms with Crippen molar-refractivity contribution < 1.29 is 4.79 Å². The van der Waals surface area contributed by atoms with Gasteiger partial charge in [0.25, 0.3) is 0 Å². The fraction of sp³-hybridized carbons (Fsp3) is 0.467. The fourth-order valence-corrected chi connectivity index (χ4v) is 3.82. The third-order valence-electron chi connectivity index (χ3n) is 4.01. The number of fused-ring (bicyclic) bond motifs is 1. The second-order valence-corrected chi connectivity index (χ2v) is 6.61. The van der Waals surface area contributed by atoms with Gasteiger partial charge in [0.2, 0.25) is 5.91 Å². The first-order valence-electron chi connectivity index (χ1n) is 7.24. The van der Waals surface area contributed by atoms with Crippen LogP contribution in [0.3, 0.4) is 0 Å². The zero-order valence-corrected chi connectivity index (χ0v) is 12.0. The van der Waals surface area contributed by atoms with Gasteiger partial charge >= 0.3 is 0 Å². The van der Waals surface area contributed by atoms with E-state index < -0.39 is 0 Å². The third-order valence-corrected chi connectivity index (χ3v) is 5.08. The predicted molar refractivity (Wildman–Crippen MR) is 81.2 cm³/mol. The molecule has 104 valence electrons. The van der Waals surface area contributed by atoms with Gasteiger partial charge in [-0.25, -0.2) is 4.98 Å². The van der Waals surface area contributed by atoms with Crippen molar-refractivity contribution in [1.82, 2.24) is 10.3 Å². The minimum absolute atomic E-state index is 0.0313. The van der Waals surface area contributed by atoms with Crippen LogP contribution in [0.5, 0.6) is 0 Å². The zero-order chi connectivity index (χ0) is 13.5. The molecule has 1 aliphatic carbocycles. The molecular weight excluding hydrogens is 270 g/mol. The molecule has 5 heteroatoms. The first-order chi connectivity index (χ1) is 9.81. The first kappa shape index (κ1) is 12.1. The minimum Gasteiger partial charge on any atom is -0.352 e. The number of hydrogen-bond donors (Lipinski definition) is 1. The Morgan fingerprint density at radius 3 is 2.95 bits per heavy atom. The average molecular weight is 287 g/mol. The normalized spacial score (nSPS) is 22.4. The van der Waals surface area contributed by atoms with Crippen molar-refractivity contribution in [2.45, 2.75) is 37.8 Å². The van der Waals surface area contributed by atoms with Crippen LogP contribution in [0.1, 0.15) is 25.7 Å². The Morgan fingerprint density at radius 1 is 1.30 bits per heavy atom. The fourth-order valence-electron chi connectivity index (χ4n) is 2.78. The maximum Gasteiger partial charge on any atom is 0.243 e. The summed E-state index contributed by atoms with van der Waals surface area (Å²) in [7, 11) is 0. The lowest BCUT2D eigenvalue weighted by molar-refractivity contribution is -0.122. The van der Waals surface area contributed by atoms with Gasteiger partial charge < -0.3 is 10.2 Å². The van der Waals surface area contributed by atoms with Crippen LogP contribution >= 0.6 is 11.3 Å². The first-order valence-corrected chi connectivity index (χ1v) is 8.05. The number of nitrogens with one attached hydrogen (secondary N) is 1. The summed E-state index contributed by atoms with van der Waals surface area (Å²) in [6, 6.07) is 8.56. The number of nitrogens with zero attached hydrogens (tertiary/aromatic N) is 2. The SMILES string of the molecule is O=C(NC1CC1)[C@H]1CCCN1c1nc2ccccc2s1. The van der Waals surface area contributed by atoms with Gasteiger partial charge in [-0.05, 0) is 37.8 Å². The number of thiazole rings is 1. The minimum atomic E-state index is -0.0313. The van der Waals surface area contributed by atoms with Gasteiger partial charge in [0, 0.05) is 12.6 Å². The molecule has 2 aromatic rings. The third kappa shape index (κ3) is 2.16. The Kier molecular flexibility index (Phi) is 2.88. The van der Waals surface area contributed by atoms with E-state index in [0.717, 1.165) is 42.9 Å². The Hall–Kier alpha value is -1.62. The van der Waals surface area contributed by atoms with Crippen LogP contribution in [-0.4, -0.2) is 29.5 Å². The summed E-state index contributed by atoms with van der Waals surface area (Å²) in [5, 5.41) is 4.11. The highest BCUT2D eigenvalue weighted by atomic mass is 32.1. The highest BCUT2D eigenvalue weighted by molar-refractivity contribution is 7.22. The molecule has 20 heavy (non-hydrogen) atoms. The Labute approximate surface area is 121 Å². The van der Waals surface area contributed by atoms with E-state index in [1.807, 2.05) is 18.2 Å². The molecule has 2 heterocycles. The molecule has 1 aromatic carbocycles. The summed E-state index contributed by atoms with van der Waals surface area (Å²) in [6.07, 6.45) is 4.28. The lowest BCUT2D eigenvalue weighted by Crippen LogP contribution is -2.44. The van der Waals surface area contributed by atoms with Crippen molar-refractivity contribution in [3.8, 4) is 0 Å². The van der Waals surface area contributed by atoms with Crippen molar-refractivity contribution in [2.24, 2.45) is 0 Å². The smallest absolute Gasteiger partial charge is 0.243 e. The summed E-state index contributed by atoms with van der Waals surface area (Å²) in [5.41, 5.74) is 1.03. The molecule has 2 aliphatic rings. The molecule has 1 N–H and O–H groups in total. The Bertz CT molecular complexity index is 616. The molecule has 2 fully saturated rings. The van der Waals surface area contributed by atoms with E-state index in [9.17, 15) is 4.79 Å². The molecule has 4 rings (SSSR count). The molecule has 1 saturated carbocycles. The topological polar surface area (TPSA) is 45.2 Å². The summed E-state index contributed by atoms with van der Waals surface area (Å²) < 4.78 is 1.19. The summed E-state index contributed by atoms with van der Waals surface area (Å²) in [4.78, 5) is 19.2. The van der Waals surface area contributed by atoms with Crippen molar-refractivity contribution >= 4 is 32.6 Å². The quantitative estimate of drug-likeness (QED) is 0.943. The number of rotatable bonds is 3. The number of carbonyl (C=O) groups excluding carboxylic acids is 1. The predicted octanol–water partition coefficient (Wildman–Crippen LogP) is 2.54. The van der Waals surface area contributed by atoms with Gasteiger partial charge in [-0.15, -0.1) is 0 Å². The molecule has 0 bridgehead atoms. The van der Waals surface area contributed by atoms with E-state index in [4.69, 9.17) is 0 Å². The van der Waals surface area contributed by atoms with E-state index in [2.05, 4.69) is 21.3 Å². The van der Waals surface area contributed by atoms with Crippen LogP contribution in [0, 0.1) is 0 Å². The standard InChI is InChI=1S/C15H17N3OS/c19-14(16-10-7-8-10)12-5-3-9-18(12)15-17-11-4-1-2-6-13(11)20-15/h1-2,4,6,10,12H,3,5,7-9H2,(H,16,19)/t12-/m1/s1.